The molecule has 3 aromatic heterocycles. The van der Waals surface area contributed by atoms with Gasteiger partial charge in [0.15, 0.2) is 11.1 Å². The summed E-state index contributed by atoms with van der Waals surface area (Å²) in [6.45, 7) is 4.57. The molecule has 0 aliphatic rings. The van der Waals surface area contributed by atoms with E-state index in [0.717, 1.165) is 48.6 Å². The first-order valence-corrected chi connectivity index (χ1v) is 10.4. The second kappa shape index (κ2) is 7.26. The molecule has 0 aliphatic carbocycles. The number of aromatic nitrogens is 4. The van der Waals surface area contributed by atoms with Crippen LogP contribution in [0.3, 0.4) is 0 Å². The number of anilines is 1. The minimum absolute atomic E-state index is 0.141. The molecule has 9 heteroatoms. The molecule has 0 spiro atoms. The van der Waals surface area contributed by atoms with Gasteiger partial charge in [-0.15, -0.1) is 16.4 Å². The zero-order valence-electron chi connectivity index (χ0n) is 14.8. The van der Waals surface area contributed by atoms with Crippen LogP contribution in [0.2, 0.25) is 0 Å². The van der Waals surface area contributed by atoms with Crippen LogP contribution in [-0.4, -0.2) is 28.9 Å². The Morgan fingerprint density at radius 3 is 2.59 bits per heavy atom. The third kappa shape index (κ3) is 3.53. The first kappa shape index (κ1) is 17.9. The van der Waals surface area contributed by atoms with Crippen molar-refractivity contribution in [3.8, 4) is 0 Å². The first-order chi connectivity index (χ1) is 13.0. The molecule has 1 unspecified atom stereocenters. The maximum absolute atomic E-state index is 10.9. The molecule has 7 nitrogen and oxygen atoms in total. The van der Waals surface area contributed by atoms with Crippen LogP contribution >= 0.6 is 11.3 Å². The molecule has 1 atom stereocenters. The SMILES string of the molecule is Cc1nnc2sc3c(NCc4ccc(CS(=O)O)cc4)ncnc3c2c1C. The largest absolute Gasteiger partial charge is 0.365 e. The smallest absolute Gasteiger partial charge is 0.157 e. The number of benzene rings is 1. The van der Waals surface area contributed by atoms with E-state index in [-0.39, 0.29) is 5.75 Å². The average Bonchev–Trinajstić information content (AvgIpc) is 3.03. The summed E-state index contributed by atoms with van der Waals surface area (Å²) in [6.07, 6.45) is 1.56. The summed E-state index contributed by atoms with van der Waals surface area (Å²) in [5.74, 6) is 0.905. The number of nitrogens with zero attached hydrogens (tertiary/aromatic N) is 4. The van der Waals surface area contributed by atoms with E-state index >= 15 is 0 Å². The third-order valence-corrected chi connectivity index (χ3v) is 6.09. The van der Waals surface area contributed by atoms with Crippen molar-refractivity contribution < 1.29 is 8.76 Å². The highest BCUT2D eigenvalue weighted by Crippen LogP contribution is 2.36. The molecule has 0 radical (unpaired) electrons. The number of rotatable bonds is 5. The Bertz CT molecular complexity index is 1160. The molecule has 0 amide bonds. The van der Waals surface area contributed by atoms with Gasteiger partial charge >= 0.3 is 0 Å². The molecule has 0 aliphatic heterocycles. The van der Waals surface area contributed by atoms with Crippen LogP contribution in [0.15, 0.2) is 30.6 Å². The van der Waals surface area contributed by atoms with Crippen molar-refractivity contribution in [1.82, 2.24) is 20.2 Å². The molecule has 138 valence electrons. The van der Waals surface area contributed by atoms with Crippen molar-refractivity contribution in [1.29, 1.82) is 0 Å². The van der Waals surface area contributed by atoms with Gasteiger partial charge in [0, 0.05) is 11.9 Å². The van der Waals surface area contributed by atoms with Crippen LogP contribution in [0, 0.1) is 13.8 Å². The zero-order valence-corrected chi connectivity index (χ0v) is 16.4. The molecule has 3 heterocycles. The Labute approximate surface area is 162 Å². The molecule has 27 heavy (non-hydrogen) atoms. The van der Waals surface area contributed by atoms with Crippen molar-refractivity contribution >= 4 is 48.7 Å². The summed E-state index contributed by atoms with van der Waals surface area (Å²) in [5, 5.41) is 12.9. The molecule has 0 bridgehead atoms. The summed E-state index contributed by atoms with van der Waals surface area (Å²) < 4.78 is 20.8. The maximum Gasteiger partial charge on any atom is 0.157 e. The van der Waals surface area contributed by atoms with E-state index in [1.807, 2.05) is 38.1 Å². The van der Waals surface area contributed by atoms with Gasteiger partial charge < -0.3 is 9.87 Å². The highest BCUT2D eigenvalue weighted by atomic mass is 32.2. The number of hydrogen-bond donors (Lipinski definition) is 2. The summed E-state index contributed by atoms with van der Waals surface area (Å²) in [4.78, 5) is 9.72. The van der Waals surface area contributed by atoms with Gasteiger partial charge in [0.25, 0.3) is 0 Å². The number of nitrogens with one attached hydrogen (secondary N) is 1. The van der Waals surface area contributed by atoms with E-state index in [1.165, 1.54) is 11.3 Å². The lowest BCUT2D eigenvalue weighted by Gasteiger charge is -2.07. The van der Waals surface area contributed by atoms with Gasteiger partial charge in [-0.25, -0.2) is 14.2 Å². The Hall–Kier alpha value is -2.49. The molecule has 4 rings (SSSR count). The van der Waals surface area contributed by atoms with Crippen LogP contribution in [-0.2, 0) is 23.4 Å². The lowest BCUT2D eigenvalue weighted by molar-refractivity contribution is 0.563. The van der Waals surface area contributed by atoms with Crippen LogP contribution in [0.5, 0.6) is 0 Å². The Balaban J connectivity index is 1.63. The number of fused-ring (bicyclic) bond motifs is 3. The van der Waals surface area contributed by atoms with E-state index in [0.29, 0.717) is 6.54 Å². The molecule has 0 fully saturated rings. The summed E-state index contributed by atoms with van der Waals surface area (Å²) in [6, 6.07) is 7.61. The summed E-state index contributed by atoms with van der Waals surface area (Å²) in [7, 11) is 0. The fourth-order valence-electron chi connectivity index (χ4n) is 2.89. The Morgan fingerprint density at radius 1 is 1.11 bits per heavy atom. The average molecular weight is 400 g/mol. The van der Waals surface area contributed by atoms with Crippen LogP contribution in [0.1, 0.15) is 22.4 Å². The monoisotopic (exact) mass is 399 g/mol. The number of thiophene rings is 1. The standard InChI is InChI=1S/C18H17N5O2S2/c1-10-11(2)22-23-18-14(10)15-16(26-18)17(21-9-20-15)19-7-12-3-5-13(6-4-12)8-27(24)25/h3-6,9H,7-8H2,1-2H3,(H,24,25)(H,19,20,21). The predicted octanol–water partition coefficient (Wildman–Crippen LogP) is 3.59. The van der Waals surface area contributed by atoms with Gasteiger partial charge in [0.05, 0.1) is 21.7 Å². The van der Waals surface area contributed by atoms with Gasteiger partial charge in [-0.3, -0.25) is 0 Å². The molecular weight excluding hydrogens is 382 g/mol. The lowest BCUT2D eigenvalue weighted by atomic mass is 10.1. The molecule has 0 saturated carbocycles. The van der Waals surface area contributed by atoms with Crippen molar-refractivity contribution in [2.24, 2.45) is 0 Å². The maximum atomic E-state index is 10.9. The van der Waals surface area contributed by atoms with E-state index in [1.54, 1.807) is 6.33 Å². The number of aryl methyl sites for hydroxylation is 2. The van der Waals surface area contributed by atoms with E-state index in [9.17, 15) is 4.21 Å². The van der Waals surface area contributed by atoms with Crippen LogP contribution in [0.4, 0.5) is 5.82 Å². The minimum Gasteiger partial charge on any atom is -0.365 e. The van der Waals surface area contributed by atoms with Gasteiger partial charge in [-0.1, -0.05) is 24.3 Å². The molecule has 4 aromatic rings. The van der Waals surface area contributed by atoms with Crippen LogP contribution in [0.25, 0.3) is 20.4 Å². The molecule has 2 N–H and O–H groups in total. The third-order valence-electron chi connectivity index (χ3n) is 4.43. The normalized spacial score (nSPS) is 12.6. The molecular formula is C18H17N5O2S2. The van der Waals surface area contributed by atoms with E-state index < -0.39 is 11.1 Å². The van der Waals surface area contributed by atoms with Crippen molar-refractivity contribution in [2.45, 2.75) is 26.1 Å². The fourth-order valence-corrected chi connectivity index (χ4v) is 4.47. The predicted molar refractivity (Wildman–Crippen MR) is 108 cm³/mol. The minimum atomic E-state index is -1.83. The van der Waals surface area contributed by atoms with Crippen LogP contribution < -0.4 is 5.32 Å². The highest BCUT2D eigenvalue weighted by molar-refractivity contribution is 7.78. The van der Waals surface area contributed by atoms with Gasteiger partial charge in [0.1, 0.15) is 17.0 Å². The summed E-state index contributed by atoms with van der Waals surface area (Å²) >= 11 is -0.293. The Morgan fingerprint density at radius 2 is 1.85 bits per heavy atom. The second-order valence-electron chi connectivity index (χ2n) is 6.23. The van der Waals surface area contributed by atoms with Gasteiger partial charge in [0.2, 0.25) is 0 Å². The van der Waals surface area contributed by atoms with Crippen molar-refractivity contribution in [3.05, 3.63) is 53.0 Å². The topological polar surface area (TPSA) is 101 Å². The highest BCUT2D eigenvalue weighted by Gasteiger charge is 2.15. The van der Waals surface area contributed by atoms with Gasteiger partial charge in [-0.05, 0) is 30.5 Å². The Kier molecular flexibility index (Phi) is 4.81. The quantitative estimate of drug-likeness (QED) is 0.495. The fraction of sp³-hybridized carbons (Fsp3) is 0.222. The summed E-state index contributed by atoms with van der Waals surface area (Å²) in [5.41, 5.74) is 4.77. The van der Waals surface area contributed by atoms with Crippen molar-refractivity contribution in [2.75, 3.05) is 5.32 Å². The van der Waals surface area contributed by atoms with Gasteiger partial charge in [-0.2, -0.15) is 5.10 Å². The van der Waals surface area contributed by atoms with E-state index in [4.69, 9.17) is 4.55 Å². The molecule has 1 aromatic carbocycles. The number of hydrogen-bond acceptors (Lipinski definition) is 7. The lowest BCUT2D eigenvalue weighted by Crippen LogP contribution is -2.02. The van der Waals surface area contributed by atoms with E-state index in [2.05, 4.69) is 25.5 Å². The van der Waals surface area contributed by atoms with Crippen molar-refractivity contribution in [3.63, 3.8) is 0 Å². The first-order valence-electron chi connectivity index (χ1n) is 8.29. The molecule has 0 saturated heterocycles. The second-order valence-corrected chi connectivity index (χ2v) is 8.16. The zero-order chi connectivity index (χ0) is 19.0.